The number of nitrogens with one attached hydrogen (secondary N) is 2. The van der Waals surface area contributed by atoms with E-state index >= 15 is 0 Å². The molecule has 0 aromatic carbocycles. The third kappa shape index (κ3) is 3.50. The normalized spacial score (nSPS) is 22.1. The lowest BCUT2D eigenvalue weighted by Gasteiger charge is -2.31. The second-order valence-electron chi connectivity index (χ2n) is 4.08. The summed E-state index contributed by atoms with van der Waals surface area (Å²) >= 11 is 5.48. The first kappa shape index (κ1) is 14.6. The number of hydrogen-bond acceptors (Lipinski definition) is 3. The van der Waals surface area contributed by atoms with Crippen LogP contribution < -0.4 is 10.6 Å². The molecule has 0 aliphatic heterocycles. The van der Waals surface area contributed by atoms with Crippen LogP contribution in [0.5, 0.6) is 0 Å². The lowest BCUT2D eigenvalue weighted by Crippen LogP contribution is -2.57. The molecule has 2 amide bonds. The molecule has 1 atom stereocenters. The number of urea groups is 1. The third-order valence-electron chi connectivity index (χ3n) is 2.59. The molecule has 1 rings (SSSR count). The molecule has 0 radical (unpaired) electrons. The lowest BCUT2D eigenvalue weighted by atomic mass is 9.87. The van der Waals surface area contributed by atoms with E-state index in [0.717, 1.165) is 5.57 Å². The van der Waals surface area contributed by atoms with E-state index in [1.165, 1.54) is 7.11 Å². The van der Waals surface area contributed by atoms with Crippen LogP contribution in [0.4, 0.5) is 4.79 Å². The van der Waals surface area contributed by atoms with Crippen molar-refractivity contribution in [1.29, 1.82) is 0 Å². The third-order valence-corrected chi connectivity index (χ3v) is 2.77. The van der Waals surface area contributed by atoms with Crippen molar-refractivity contribution in [3.63, 3.8) is 0 Å². The molecule has 18 heavy (non-hydrogen) atoms. The fraction of sp³-hybridized carbons (Fsp3) is 0.500. The van der Waals surface area contributed by atoms with Gasteiger partial charge in [-0.05, 0) is 13.0 Å². The average Bonchev–Trinajstić information content (AvgIpc) is 2.35. The molecule has 1 aliphatic rings. The molecule has 5 nitrogen and oxygen atoms in total. The first-order valence-electron chi connectivity index (χ1n) is 5.59. The minimum absolute atomic E-state index is 0.313. The Morgan fingerprint density at radius 2 is 2.28 bits per heavy atom. The van der Waals surface area contributed by atoms with Crippen molar-refractivity contribution < 1.29 is 14.3 Å². The number of carbonyl (C=O) groups excluding carboxylic acids is 2. The summed E-state index contributed by atoms with van der Waals surface area (Å²) in [6, 6.07) is -0.444. The Hall–Kier alpha value is -1.49. The zero-order valence-corrected chi connectivity index (χ0v) is 11.2. The quantitative estimate of drug-likeness (QED) is 0.600. The Labute approximate surface area is 111 Å². The van der Waals surface area contributed by atoms with E-state index in [0.29, 0.717) is 18.8 Å². The first-order chi connectivity index (χ1) is 8.54. The van der Waals surface area contributed by atoms with Crippen LogP contribution in [-0.4, -0.2) is 37.1 Å². The molecule has 100 valence electrons. The second-order valence-corrected chi connectivity index (χ2v) is 4.46. The predicted octanol–water partition coefficient (Wildman–Crippen LogP) is 1.34. The Balaban J connectivity index is 2.80. The second kappa shape index (κ2) is 6.44. The van der Waals surface area contributed by atoms with Gasteiger partial charge in [0.2, 0.25) is 0 Å². The van der Waals surface area contributed by atoms with Gasteiger partial charge < -0.3 is 15.4 Å². The molecule has 0 aromatic heterocycles. The van der Waals surface area contributed by atoms with Gasteiger partial charge in [-0.25, -0.2) is 9.59 Å². The summed E-state index contributed by atoms with van der Waals surface area (Å²) in [5.41, 5.74) is -0.148. The van der Waals surface area contributed by atoms with Crippen LogP contribution in [0.15, 0.2) is 23.8 Å². The van der Waals surface area contributed by atoms with E-state index < -0.39 is 17.5 Å². The molecule has 0 saturated carbocycles. The van der Waals surface area contributed by atoms with E-state index in [9.17, 15) is 9.59 Å². The van der Waals surface area contributed by atoms with Gasteiger partial charge in [-0.3, -0.25) is 0 Å². The fourth-order valence-corrected chi connectivity index (χ4v) is 1.90. The van der Waals surface area contributed by atoms with Crippen LogP contribution in [0.1, 0.15) is 13.3 Å². The van der Waals surface area contributed by atoms with Crippen molar-refractivity contribution in [2.75, 3.05) is 19.5 Å². The van der Waals surface area contributed by atoms with Gasteiger partial charge >= 0.3 is 12.0 Å². The standard InChI is InChI=1S/C12H17ClN2O3/c1-9-4-3-5-12(8-9,10(16)18-2)15-11(17)14-7-6-13/h3-5H,6-8H2,1-2H3,(H2,14,15,17). The smallest absolute Gasteiger partial charge is 0.336 e. The van der Waals surface area contributed by atoms with Gasteiger partial charge in [-0.15, -0.1) is 11.6 Å². The summed E-state index contributed by atoms with van der Waals surface area (Å²) in [6.45, 7) is 2.22. The zero-order chi connectivity index (χ0) is 13.6. The van der Waals surface area contributed by atoms with E-state index in [1.54, 1.807) is 12.2 Å². The van der Waals surface area contributed by atoms with Crippen LogP contribution in [0, 0.1) is 0 Å². The topological polar surface area (TPSA) is 67.4 Å². The largest absolute Gasteiger partial charge is 0.467 e. The Morgan fingerprint density at radius 3 is 2.83 bits per heavy atom. The monoisotopic (exact) mass is 272 g/mol. The molecule has 0 aromatic rings. The van der Waals surface area contributed by atoms with Gasteiger partial charge in [0.25, 0.3) is 0 Å². The van der Waals surface area contributed by atoms with E-state index in [4.69, 9.17) is 16.3 Å². The molecule has 0 bridgehead atoms. The molecular formula is C12H17ClN2O3. The summed E-state index contributed by atoms with van der Waals surface area (Å²) in [6.07, 6.45) is 5.65. The van der Waals surface area contributed by atoms with Crippen molar-refractivity contribution in [1.82, 2.24) is 10.6 Å². The number of allylic oxidation sites excluding steroid dienone is 2. The Morgan fingerprint density at radius 1 is 1.56 bits per heavy atom. The van der Waals surface area contributed by atoms with Crippen molar-refractivity contribution in [2.45, 2.75) is 18.9 Å². The van der Waals surface area contributed by atoms with Crippen LogP contribution in [0.25, 0.3) is 0 Å². The van der Waals surface area contributed by atoms with Crippen molar-refractivity contribution in [2.24, 2.45) is 0 Å². The van der Waals surface area contributed by atoms with Gasteiger partial charge in [-0.1, -0.05) is 17.7 Å². The van der Waals surface area contributed by atoms with Gasteiger partial charge in [0, 0.05) is 18.8 Å². The van der Waals surface area contributed by atoms with E-state index in [2.05, 4.69) is 10.6 Å². The molecule has 0 spiro atoms. The van der Waals surface area contributed by atoms with Crippen LogP contribution >= 0.6 is 11.6 Å². The number of amides is 2. The minimum atomic E-state index is -1.13. The highest BCUT2D eigenvalue weighted by atomic mass is 35.5. The van der Waals surface area contributed by atoms with Crippen molar-refractivity contribution in [3.8, 4) is 0 Å². The molecule has 2 N–H and O–H groups in total. The number of halogens is 1. The number of carbonyl (C=O) groups is 2. The SMILES string of the molecule is COC(=O)C1(NC(=O)NCCCl)C=CC=C(C)C1. The van der Waals surface area contributed by atoms with Gasteiger partial charge in [0.1, 0.15) is 0 Å². The number of ether oxygens (including phenoxy) is 1. The molecule has 1 aliphatic carbocycles. The summed E-state index contributed by atoms with van der Waals surface area (Å²) in [5, 5.41) is 5.19. The van der Waals surface area contributed by atoms with Crippen LogP contribution in [-0.2, 0) is 9.53 Å². The number of alkyl halides is 1. The van der Waals surface area contributed by atoms with Gasteiger partial charge in [0.15, 0.2) is 5.54 Å². The number of esters is 1. The number of hydrogen-bond donors (Lipinski definition) is 2. The molecule has 0 fully saturated rings. The maximum atomic E-state index is 11.9. The fourth-order valence-electron chi connectivity index (χ4n) is 1.80. The summed E-state index contributed by atoms with van der Waals surface area (Å²) in [7, 11) is 1.30. The van der Waals surface area contributed by atoms with E-state index in [1.807, 2.05) is 13.0 Å². The maximum Gasteiger partial charge on any atom is 0.336 e. The summed E-state index contributed by atoms with van der Waals surface area (Å²) in [4.78, 5) is 23.5. The average molecular weight is 273 g/mol. The highest BCUT2D eigenvalue weighted by Crippen LogP contribution is 2.24. The lowest BCUT2D eigenvalue weighted by molar-refractivity contribution is -0.146. The highest BCUT2D eigenvalue weighted by Gasteiger charge is 2.39. The minimum Gasteiger partial charge on any atom is -0.467 e. The van der Waals surface area contributed by atoms with Gasteiger partial charge in [0.05, 0.1) is 7.11 Å². The first-order valence-corrected chi connectivity index (χ1v) is 6.13. The molecule has 6 heteroatoms. The zero-order valence-electron chi connectivity index (χ0n) is 10.5. The highest BCUT2D eigenvalue weighted by molar-refractivity contribution is 6.18. The van der Waals surface area contributed by atoms with Crippen molar-refractivity contribution >= 4 is 23.6 Å². The molecule has 0 saturated heterocycles. The van der Waals surface area contributed by atoms with Crippen LogP contribution in [0.2, 0.25) is 0 Å². The molecular weight excluding hydrogens is 256 g/mol. The molecule has 1 unspecified atom stereocenters. The number of methoxy groups -OCH3 is 1. The Kier molecular flexibility index (Phi) is 5.22. The van der Waals surface area contributed by atoms with Crippen molar-refractivity contribution in [3.05, 3.63) is 23.8 Å². The number of rotatable bonds is 4. The maximum absolute atomic E-state index is 11.9. The summed E-state index contributed by atoms with van der Waals surface area (Å²) < 4.78 is 4.76. The van der Waals surface area contributed by atoms with Gasteiger partial charge in [-0.2, -0.15) is 0 Å². The molecule has 0 heterocycles. The van der Waals surface area contributed by atoms with E-state index in [-0.39, 0.29) is 0 Å². The summed E-state index contributed by atoms with van der Waals surface area (Å²) in [5.74, 6) is -0.180. The van der Waals surface area contributed by atoms with Crippen LogP contribution in [0.3, 0.4) is 0 Å². The Bertz CT molecular complexity index is 393. The predicted molar refractivity (Wildman–Crippen MR) is 69.5 cm³/mol.